The van der Waals surface area contributed by atoms with Gasteiger partial charge in [-0.1, -0.05) is 151 Å². The second-order valence-corrected chi connectivity index (χ2v) is 15.5. The second kappa shape index (κ2) is 39.3. The van der Waals surface area contributed by atoms with Gasteiger partial charge in [0.05, 0.1) is 13.2 Å². The summed E-state index contributed by atoms with van der Waals surface area (Å²) in [4.78, 5) is 25.3. The van der Waals surface area contributed by atoms with Crippen molar-refractivity contribution in [1.29, 1.82) is 0 Å². The maximum absolute atomic E-state index is 12.8. The number of aliphatic hydroxyl groups excluding tert-OH is 4. The van der Waals surface area contributed by atoms with Crippen molar-refractivity contribution >= 4 is 11.9 Å². The van der Waals surface area contributed by atoms with Gasteiger partial charge in [-0.15, -0.1) is 0 Å². The van der Waals surface area contributed by atoms with Gasteiger partial charge < -0.3 is 39.4 Å². The molecule has 0 spiro atoms. The molecule has 0 aromatic heterocycles. The van der Waals surface area contributed by atoms with Crippen molar-refractivity contribution in [3.63, 3.8) is 0 Å². The Kier molecular flexibility index (Phi) is 36.1. The third-order valence-corrected chi connectivity index (χ3v) is 10.1. The predicted molar refractivity (Wildman–Crippen MR) is 238 cm³/mol. The highest BCUT2D eigenvalue weighted by Crippen LogP contribution is 2.22. The Morgan fingerprint density at radius 1 is 0.542 bits per heavy atom. The molecular formula is C49H82O10. The largest absolute Gasteiger partial charge is 0.462 e. The van der Waals surface area contributed by atoms with Crippen molar-refractivity contribution < 1.29 is 49.0 Å². The van der Waals surface area contributed by atoms with Crippen LogP contribution < -0.4 is 0 Å². The SMILES string of the molecule is CC/C=C/C/C=C/C/C=C/C/C=C/C/C=C/CCCCCC(=O)OC[C@@H](CO[C@H]1O[C@@H](CO)[C@@H](O)C(O)C1O)OC(=O)CCCCCCCCCCC/C=C/CCCC. The van der Waals surface area contributed by atoms with E-state index in [1.54, 1.807) is 0 Å². The Hall–Kier alpha value is -2.86. The topological polar surface area (TPSA) is 152 Å². The van der Waals surface area contributed by atoms with Gasteiger partial charge in [-0.2, -0.15) is 0 Å². The van der Waals surface area contributed by atoms with Crippen LogP contribution in [-0.4, -0.2) is 89.0 Å². The molecule has 0 bridgehead atoms. The van der Waals surface area contributed by atoms with Crippen molar-refractivity contribution in [3.8, 4) is 0 Å². The molecule has 2 unspecified atom stereocenters. The zero-order chi connectivity index (χ0) is 43.0. The first kappa shape index (κ1) is 54.2. The van der Waals surface area contributed by atoms with E-state index in [0.29, 0.717) is 12.8 Å². The lowest BCUT2D eigenvalue weighted by Gasteiger charge is -2.39. The van der Waals surface area contributed by atoms with Gasteiger partial charge in [-0.25, -0.2) is 0 Å². The van der Waals surface area contributed by atoms with E-state index < -0.39 is 55.4 Å². The van der Waals surface area contributed by atoms with E-state index in [4.69, 9.17) is 18.9 Å². The molecule has 338 valence electrons. The number of carbonyl (C=O) groups is 2. The number of aliphatic hydroxyl groups is 4. The van der Waals surface area contributed by atoms with Crippen molar-refractivity contribution in [3.05, 3.63) is 72.9 Å². The molecule has 0 radical (unpaired) electrons. The summed E-state index contributed by atoms with van der Waals surface area (Å²) in [5.74, 6) is -0.852. The van der Waals surface area contributed by atoms with Gasteiger partial charge >= 0.3 is 11.9 Å². The third kappa shape index (κ3) is 30.8. The Labute approximate surface area is 357 Å². The lowest BCUT2D eigenvalue weighted by Crippen LogP contribution is -2.59. The molecular weight excluding hydrogens is 749 g/mol. The zero-order valence-electron chi connectivity index (χ0n) is 36.7. The fraction of sp³-hybridized carbons (Fsp3) is 0.714. The number of allylic oxidation sites excluding steroid dienone is 12. The molecule has 1 aliphatic rings. The predicted octanol–water partition coefficient (Wildman–Crippen LogP) is 10.00. The Morgan fingerprint density at radius 2 is 1.00 bits per heavy atom. The van der Waals surface area contributed by atoms with Gasteiger partial charge in [-0.3, -0.25) is 9.59 Å². The zero-order valence-corrected chi connectivity index (χ0v) is 36.7. The Bertz CT molecular complexity index is 1190. The van der Waals surface area contributed by atoms with E-state index >= 15 is 0 Å². The molecule has 4 N–H and O–H groups in total. The average molecular weight is 831 g/mol. The number of unbranched alkanes of at least 4 members (excludes halogenated alkanes) is 14. The van der Waals surface area contributed by atoms with Gasteiger partial charge in [0, 0.05) is 12.8 Å². The van der Waals surface area contributed by atoms with Crippen LogP contribution in [0.4, 0.5) is 0 Å². The number of carbonyl (C=O) groups excluding carboxylic acids is 2. The van der Waals surface area contributed by atoms with E-state index in [-0.39, 0.29) is 26.1 Å². The average Bonchev–Trinajstić information content (AvgIpc) is 3.23. The van der Waals surface area contributed by atoms with Crippen molar-refractivity contribution in [2.45, 2.75) is 205 Å². The minimum Gasteiger partial charge on any atom is -0.462 e. The fourth-order valence-electron chi connectivity index (χ4n) is 6.43. The number of esters is 2. The number of hydrogen-bond acceptors (Lipinski definition) is 10. The van der Waals surface area contributed by atoms with E-state index in [9.17, 15) is 30.0 Å². The lowest BCUT2D eigenvalue weighted by atomic mass is 9.99. The van der Waals surface area contributed by atoms with Gasteiger partial charge in [0.2, 0.25) is 0 Å². The van der Waals surface area contributed by atoms with Crippen molar-refractivity contribution in [2.75, 3.05) is 19.8 Å². The summed E-state index contributed by atoms with van der Waals surface area (Å²) in [5.41, 5.74) is 0. The minimum absolute atomic E-state index is 0.216. The van der Waals surface area contributed by atoms with Crippen LogP contribution in [-0.2, 0) is 28.5 Å². The van der Waals surface area contributed by atoms with E-state index in [1.807, 2.05) is 0 Å². The first-order chi connectivity index (χ1) is 28.8. The van der Waals surface area contributed by atoms with Gasteiger partial charge in [-0.05, 0) is 77.0 Å². The Morgan fingerprint density at radius 3 is 1.54 bits per heavy atom. The van der Waals surface area contributed by atoms with E-state index in [2.05, 4.69) is 86.8 Å². The van der Waals surface area contributed by atoms with Crippen LogP contribution in [0.25, 0.3) is 0 Å². The molecule has 1 fully saturated rings. The Balaban J connectivity index is 2.35. The van der Waals surface area contributed by atoms with Crippen molar-refractivity contribution in [2.24, 2.45) is 0 Å². The summed E-state index contributed by atoms with van der Waals surface area (Å²) in [6.45, 7) is 3.23. The second-order valence-electron chi connectivity index (χ2n) is 15.5. The van der Waals surface area contributed by atoms with Crippen LogP contribution in [0.3, 0.4) is 0 Å². The van der Waals surface area contributed by atoms with Gasteiger partial charge in [0.25, 0.3) is 0 Å². The van der Waals surface area contributed by atoms with E-state index in [1.165, 1.54) is 57.8 Å². The summed E-state index contributed by atoms with van der Waals surface area (Å²) in [6.07, 6.45) is 41.9. The van der Waals surface area contributed by atoms with Crippen LogP contribution in [0.5, 0.6) is 0 Å². The number of rotatable bonds is 37. The number of ether oxygens (including phenoxy) is 4. The van der Waals surface area contributed by atoms with Crippen molar-refractivity contribution in [1.82, 2.24) is 0 Å². The minimum atomic E-state index is -1.60. The monoisotopic (exact) mass is 831 g/mol. The lowest BCUT2D eigenvalue weighted by molar-refractivity contribution is -0.305. The highest BCUT2D eigenvalue weighted by atomic mass is 16.7. The first-order valence-electron chi connectivity index (χ1n) is 23.0. The fourth-order valence-corrected chi connectivity index (χ4v) is 6.43. The molecule has 59 heavy (non-hydrogen) atoms. The van der Waals surface area contributed by atoms with Crippen LogP contribution in [0.15, 0.2) is 72.9 Å². The van der Waals surface area contributed by atoms with E-state index in [0.717, 1.165) is 70.6 Å². The highest BCUT2D eigenvalue weighted by Gasteiger charge is 2.44. The molecule has 0 aromatic rings. The molecule has 0 amide bonds. The molecule has 10 heteroatoms. The number of hydrogen-bond donors (Lipinski definition) is 4. The smallest absolute Gasteiger partial charge is 0.306 e. The van der Waals surface area contributed by atoms with Crippen LogP contribution in [0, 0.1) is 0 Å². The van der Waals surface area contributed by atoms with Crippen LogP contribution in [0.1, 0.15) is 168 Å². The maximum Gasteiger partial charge on any atom is 0.306 e. The molecule has 0 aliphatic carbocycles. The highest BCUT2D eigenvalue weighted by molar-refractivity contribution is 5.70. The summed E-state index contributed by atoms with van der Waals surface area (Å²) < 4.78 is 22.1. The molecule has 1 heterocycles. The molecule has 1 saturated heterocycles. The van der Waals surface area contributed by atoms with Crippen LogP contribution in [0.2, 0.25) is 0 Å². The summed E-state index contributed by atoms with van der Waals surface area (Å²) >= 11 is 0. The summed E-state index contributed by atoms with van der Waals surface area (Å²) in [5, 5.41) is 40.1. The standard InChI is InChI=1S/C49H82O10/c1-3-5-7-9-11-13-15-17-19-20-21-22-24-25-27-29-31-33-35-37-44(51)56-40-42(41-57-49-48(55)47(54)46(53)43(39-50)59-49)58-45(52)38-36-34-32-30-28-26-23-18-16-14-12-10-8-6-4-2/h5,7,10-13,17,19,21-22,25,27,42-43,46-50,53-55H,3-4,6,8-9,14-16,18,20,23-24,26,28-41H2,1-2H3/b7-5+,12-10+,13-11+,19-17+,22-21+,27-25+/t42-,43-,46+,47?,48?,49-/m0/s1. The molecule has 1 rings (SSSR count). The molecule has 0 saturated carbocycles. The molecule has 10 nitrogen and oxygen atoms in total. The summed E-state index contributed by atoms with van der Waals surface area (Å²) in [7, 11) is 0. The molecule has 0 aromatic carbocycles. The molecule has 6 atom stereocenters. The van der Waals surface area contributed by atoms with Crippen LogP contribution >= 0.6 is 0 Å². The molecule has 1 aliphatic heterocycles. The van der Waals surface area contributed by atoms with Gasteiger partial charge in [0.1, 0.15) is 31.0 Å². The third-order valence-electron chi connectivity index (χ3n) is 10.1. The normalized spacial score (nSPS) is 20.7. The quantitative estimate of drug-likeness (QED) is 0.0271. The first-order valence-corrected chi connectivity index (χ1v) is 23.0. The van der Waals surface area contributed by atoms with Gasteiger partial charge in [0.15, 0.2) is 12.4 Å². The maximum atomic E-state index is 12.8. The summed E-state index contributed by atoms with van der Waals surface area (Å²) in [6, 6.07) is 0.